The first-order valence-corrected chi connectivity index (χ1v) is 8.00. The van der Waals surface area contributed by atoms with Gasteiger partial charge in [-0.1, -0.05) is 40.0 Å². The van der Waals surface area contributed by atoms with E-state index in [9.17, 15) is 0 Å². The molecule has 0 heterocycles. The number of rotatable bonds is 7. The van der Waals surface area contributed by atoms with Crippen LogP contribution in [0, 0.1) is 5.92 Å². The van der Waals surface area contributed by atoms with Crippen LogP contribution < -0.4 is 5.73 Å². The maximum Gasteiger partial charge on any atom is 0.0306 e. The maximum absolute atomic E-state index is 6.13. The van der Waals surface area contributed by atoms with E-state index >= 15 is 0 Å². The summed E-state index contributed by atoms with van der Waals surface area (Å²) in [5.74, 6) is 0.779. The summed E-state index contributed by atoms with van der Waals surface area (Å²) in [4.78, 5) is 2.72. The van der Waals surface area contributed by atoms with E-state index in [0.29, 0.717) is 0 Å². The zero-order valence-electron chi connectivity index (χ0n) is 13.0. The Labute approximate surface area is 114 Å². The second-order valence-corrected chi connectivity index (χ2v) is 6.71. The molecule has 0 aliphatic heterocycles. The minimum absolute atomic E-state index is 0.209. The third-order valence-electron chi connectivity index (χ3n) is 4.75. The SMILES string of the molecule is CCN(C1CCCCC1)C(C)(CN)CCC(C)C. The van der Waals surface area contributed by atoms with E-state index in [-0.39, 0.29) is 5.54 Å². The van der Waals surface area contributed by atoms with Crippen molar-refractivity contribution in [3.8, 4) is 0 Å². The highest BCUT2D eigenvalue weighted by Crippen LogP contribution is 2.31. The van der Waals surface area contributed by atoms with Crippen LogP contribution in [0.2, 0.25) is 0 Å². The lowest BCUT2D eigenvalue weighted by molar-refractivity contribution is 0.0378. The van der Waals surface area contributed by atoms with Gasteiger partial charge in [-0.25, -0.2) is 0 Å². The quantitative estimate of drug-likeness (QED) is 0.749. The molecule has 0 bridgehead atoms. The summed E-state index contributed by atoms with van der Waals surface area (Å²) >= 11 is 0. The van der Waals surface area contributed by atoms with Gasteiger partial charge in [0, 0.05) is 18.1 Å². The molecule has 0 aromatic rings. The summed E-state index contributed by atoms with van der Waals surface area (Å²) in [6.07, 6.45) is 9.54. The van der Waals surface area contributed by atoms with E-state index in [2.05, 4.69) is 32.6 Å². The summed E-state index contributed by atoms with van der Waals surface area (Å²) in [6.45, 7) is 11.3. The molecule has 2 N–H and O–H groups in total. The normalized spacial score (nSPS) is 21.5. The van der Waals surface area contributed by atoms with Gasteiger partial charge in [0.15, 0.2) is 0 Å². The van der Waals surface area contributed by atoms with Gasteiger partial charge < -0.3 is 5.73 Å². The lowest BCUT2D eigenvalue weighted by atomic mass is 9.85. The van der Waals surface area contributed by atoms with Crippen LogP contribution in [0.25, 0.3) is 0 Å². The van der Waals surface area contributed by atoms with Crippen LogP contribution in [-0.4, -0.2) is 29.6 Å². The van der Waals surface area contributed by atoms with Crippen molar-refractivity contribution >= 4 is 0 Å². The summed E-state index contributed by atoms with van der Waals surface area (Å²) in [6, 6.07) is 0.782. The van der Waals surface area contributed by atoms with Crippen molar-refractivity contribution < 1.29 is 0 Å². The predicted octanol–water partition coefficient (Wildman–Crippen LogP) is 3.79. The van der Waals surface area contributed by atoms with E-state index in [0.717, 1.165) is 25.0 Å². The first-order chi connectivity index (χ1) is 8.53. The molecule has 2 nitrogen and oxygen atoms in total. The number of likely N-dealkylation sites (N-methyl/N-ethyl adjacent to an activating group) is 1. The maximum atomic E-state index is 6.13. The Bertz CT molecular complexity index is 221. The van der Waals surface area contributed by atoms with Crippen LogP contribution >= 0.6 is 0 Å². The molecule has 108 valence electrons. The molecule has 1 atom stereocenters. The Morgan fingerprint density at radius 3 is 2.28 bits per heavy atom. The Kier molecular flexibility index (Phi) is 6.65. The standard InChI is InChI=1S/C16H34N2/c1-5-18(15-9-7-6-8-10-15)16(4,13-17)12-11-14(2)3/h14-15H,5-13,17H2,1-4H3. The second kappa shape index (κ2) is 7.49. The third kappa shape index (κ3) is 4.24. The fourth-order valence-corrected chi connectivity index (χ4v) is 3.44. The minimum atomic E-state index is 0.209. The van der Waals surface area contributed by atoms with Crippen LogP contribution in [0.3, 0.4) is 0 Å². The van der Waals surface area contributed by atoms with E-state index in [1.165, 1.54) is 44.9 Å². The molecule has 0 radical (unpaired) electrons. The van der Waals surface area contributed by atoms with E-state index < -0.39 is 0 Å². The van der Waals surface area contributed by atoms with Crippen LogP contribution in [0.15, 0.2) is 0 Å². The van der Waals surface area contributed by atoms with Crippen molar-refractivity contribution in [1.29, 1.82) is 0 Å². The minimum Gasteiger partial charge on any atom is -0.329 e. The molecular formula is C16H34N2. The lowest BCUT2D eigenvalue weighted by Crippen LogP contribution is -2.56. The van der Waals surface area contributed by atoms with Crippen LogP contribution in [0.4, 0.5) is 0 Å². The molecule has 0 saturated heterocycles. The molecule has 0 spiro atoms. The Morgan fingerprint density at radius 1 is 1.22 bits per heavy atom. The number of hydrogen-bond donors (Lipinski definition) is 1. The van der Waals surface area contributed by atoms with Crippen molar-refractivity contribution in [1.82, 2.24) is 4.90 Å². The molecule has 1 rings (SSSR count). The highest BCUT2D eigenvalue weighted by Gasteiger charge is 2.34. The number of nitrogens with zero attached hydrogens (tertiary/aromatic N) is 1. The molecule has 1 unspecified atom stereocenters. The average molecular weight is 254 g/mol. The smallest absolute Gasteiger partial charge is 0.0306 e. The van der Waals surface area contributed by atoms with Gasteiger partial charge in [-0.3, -0.25) is 4.90 Å². The van der Waals surface area contributed by atoms with E-state index in [1.807, 2.05) is 0 Å². The monoisotopic (exact) mass is 254 g/mol. The summed E-state index contributed by atoms with van der Waals surface area (Å²) in [5, 5.41) is 0. The molecule has 0 aromatic carbocycles. The van der Waals surface area contributed by atoms with Crippen molar-refractivity contribution in [2.45, 2.75) is 84.2 Å². The highest BCUT2D eigenvalue weighted by molar-refractivity contribution is 4.92. The number of hydrogen-bond acceptors (Lipinski definition) is 2. The molecule has 18 heavy (non-hydrogen) atoms. The molecular weight excluding hydrogens is 220 g/mol. The van der Waals surface area contributed by atoms with Gasteiger partial charge in [0.05, 0.1) is 0 Å². The predicted molar refractivity (Wildman–Crippen MR) is 80.8 cm³/mol. The fourth-order valence-electron chi connectivity index (χ4n) is 3.44. The van der Waals surface area contributed by atoms with E-state index in [4.69, 9.17) is 5.73 Å². The van der Waals surface area contributed by atoms with Crippen molar-refractivity contribution in [3.63, 3.8) is 0 Å². The molecule has 0 amide bonds. The van der Waals surface area contributed by atoms with Gasteiger partial charge >= 0.3 is 0 Å². The topological polar surface area (TPSA) is 29.3 Å². The zero-order chi connectivity index (χ0) is 13.6. The lowest BCUT2D eigenvalue weighted by Gasteiger charge is -2.46. The highest BCUT2D eigenvalue weighted by atomic mass is 15.2. The van der Waals surface area contributed by atoms with Crippen LogP contribution in [-0.2, 0) is 0 Å². The molecule has 0 aromatic heterocycles. The van der Waals surface area contributed by atoms with E-state index in [1.54, 1.807) is 0 Å². The van der Waals surface area contributed by atoms with Gasteiger partial charge in [0.1, 0.15) is 0 Å². The fraction of sp³-hybridized carbons (Fsp3) is 1.00. The molecule has 1 fully saturated rings. The summed E-state index contributed by atoms with van der Waals surface area (Å²) in [7, 11) is 0. The second-order valence-electron chi connectivity index (χ2n) is 6.71. The van der Waals surface area contributed by atoms with Gasteiger partial charge in [-0.05, 0) is 45.1 Å². The van der Waals surface area contributed by atoms with Gasteiger partial charge in [-0.2, -0.15) is 0 Å². The Hall–Kier alpha value is -0.0800. The van der Waals surface area contributed by atoms with Crippen LogP contribution in [0.1, 0.15) is 72.6 Å². The van der Waals surface area contributed by atoms with Gasteiger partial charge in [0.25, 0.3) is 0 Å². The van der Waals surface area contributed by atoms with Crippen molar-refractivity contribution in [3.05, 3.63) is 0 Å². The third-order valence-corrected chi connectivity index (χ3v) is 4.75. The molecule has 1 aliphatic carbocycles. The molecule has 1 saturated carbocycles. The summed E-state index contributed by atoms with van der Waals surface area (Å²) < 4.78 is 0. The number of nitrogens with two attached hydrogens (primary N) is 1. The first-order valence-electron chi connectivity index (χ1n) is 8.00. The largest absolute Gasteiger partial charge is 0.329 e. The van der Waals surface area contributed by atoms with Crippen LogP contribution in [0.5, 0.6) is 0 Å². The van der Waals surface area contributed by atoms with Gasteiger partial charge in [0.2, 0.25) is 0 Å². The zero-order valence-corrected chi connectivity index (χ0v) is 13.0. The molecule has 1 aliphatic rings. The van der Waals surface area contributed by atoms with Crippen molar-refractivity contribution in [2.75, 3.05) is 13.1 Å². The Morgan fingerprint density at radius 2 is 1.83 bits per heavy atom. The molecule has 2 heteroatoms. The van der Waals surface area contributed by atoms with Crippen molar-refractivity contribution in [2.24, 2.45) is 11.7 Å². The van der Waals surface area contributed by atoms with Gasteiger partial charge in [-0.15, -0.1) is 0 Å². The first kappa shape index (κ1) is 16.0. The Balaban J connectivity index is 2.67. The summed E-state index contributed by atoms with van der Waals surface area (Å²) in [5.41, 5.74) is 6.34. The average Bonchev–Trinajstić information content (AvgIpc) is 2.38.